The fourth-order valence-electron chi connectivity index (χ4n) is 1.55. The van der Waals surface area contributed by atoms with Gasteiger partial charge in [-0.1, -0.05) is 33.3 Å². The van der Waals surface area contributed by atoms with E-state index in [9.17, 15) is 13.9 Å². The van der Waals surface area contributed by atoms with Crippen LogP contribution in [0.2, 0.25) is 0 Å². The van der Waals surface area contributed by atoms with E-state index < -0.39 is 12.0 Å². The fraction of sp³-hybridized carbons (Fsp3) is 0.333. The third-order valence-electron chi connectivity index (χ3n) is 2.61. The van der Waals surface area contributed by atoms with Crippen molar-refractivity contribution in [3.8, 4) is 11.3 Å². The molecule has 1 N–H and O–H groups in total. The van der Waals surface area contributed by atoms with Gasteiger partial charge in [0.1, 0.15) is 11.3 Å². The van der Waals surface area contributed by atoms with Gasteiger partial charge in [0.05, 0.1) is 12.7 Å². The van der Waals surface area contributed by atoms with Gasteiger partial charge in [0.2, 0.25) is 0 Å². The summed E-state index contributed by atoms with van der Waals surface area (Å²) in [5, 5.41) is 17.2. The highest BCUT2D eigenvalue weighted by molar-refractivity contribution is 9.10. The van der Waals surface area contributed by atoms with Gasteiger partial charge in [-0.2, -0.15) is 0 Å². The second-order valence-electron chi connectivity index (χ2n) is 4.47. The number of alkyl halides is 2. The summed E-state index contributed by atoms with van der Waals surface area (Å²) in [6.45, 7) is 0.754. The highest BCUT2D eigenvalue weighted by Gasteiger charge is 2.33. The van der Waals surface area contributed by atoms with Crippen LogP contribution in [0.3, 0.4) is 0 Å². The van der Waals surface area contributed by atoms with Crippen LogP contribution in [-0.2, 0) is 6.54 Å². The first-order valence-electron chi connectivity index (χ1n) is 5.55. The number of aliphatic hydroxyl groups is 1. The highest BCUT2D eigenvalue weighted by Crippen LogP contribution is 2.22. The molecule has 1 atom stereocenters. The van der Waals surface area contributed by atoms with Gasteiger partial charge in [-0.25, -0.2) is 13.5 Å². The molecule has 0 spiro atoms. The minimum Gasteiger partial charge on any atom is -0.382 e. The largest absolute Gasteiger partial charge is 0.382 e. The van der Waals surface area contributed by atoms with Crippen LogP contribution in [0.25, 0.3) is 11.3 Å². The van der Waals surface area contributed by atoms with E-state index in [1.807, 2.05) is 24.3 Å². The smallest absolute Gasteiger partial charge is 0.268 e. The number of aromatic nitrogens is 3. The number of nitrogens with zero attached hydrogens (tertiary/aromatic N) is 3. The third kappa shape index (κ3) is 3.36. The van der Waals surface area contributed by atoms with Crippen LogP contribution in [0.15, 0.2) is 34.9 Å². The van der Waals surface area contributed by atoms with Crippen molar-refractivity contribution in [2.24, 2.45) is 0 Å². The maximum Gasteiger partial charge on any atom is 0.268 e. The summed E-state index contributed by atoms with van der Waals surface area (Å²) in [5.41, 5.74) is -0.744. The van der Waals surface area contributed by atoms with E-state index in [-0.39, 0.29) is 6.54 Å². The van der Waals surface area contributed by atoms with Gasteiger partial charge in [-0.3, -0.25) is 0 Å². The summed E-state index contributed by atoms with van der Waals surface area (Å²) in [6, 6.07) is 7.40. The number of rotatable bonds is 4. The monoisotopic (exact) mass is 331 g/mol. The zero-order valence-electron chi connectivity index (χ0n) is 10.1. The van der Waals surface area contributed by atoms with Crippen molar-refractivity contribution in [2.75, 3.05) is 0 Å². The summed E-state index contributed by atoms with van der Waals surface area (Å²) < 4.78 is 27.2. The predicted octanol–water partition coefficient (Wildman–Crippen LogP) is 2.72. The first-order chi connectivity index (χ1) is 8.88. The van der Waals surface area contributed by atoms with Gasteiger partial charge in [-0.15, -0.1) is 5.10 Å². The summed E-state index contributed by atoms with van der Waals surface area (Å²) in [6.07, 6.45) is -1.32. The molecule has 0 amide bonds. The summed E-state index contributed by atoms with van der Waals surface area (Å²) in [5.74, 6) is 0. The summed E-state index contributed by atoms with van der Waals surface area (Å²) in [4.78, 5) is 0. The Morgan fingerprint density at radius 3 is 2.84 bits per heavy atom. The van der Waals surface area contributed by atoms with Crippen LogP contribution < -0.4 is 0 Å². The molecule has 0 fully saturated rings. The minimum atomic E-state index is -2.84. The van der Waals surface area contributed by atoms with Crippen LogP contribution >= 0.6 is 15.9 Å². The molecule has 0 bridgehead atoms. The Bertz CT molecular complexity index is 572. The molecule has 0 radical (unpaired) electrons. The van der Waals surface area contributed by atoms with Crippen LogP contribution in [0, 0.1) is 0 Å². The molecule has 19 heavy (non-hydrogen) atoms. The lowest BCUT2D eigenvalue weighted by molar-refractivity contribution is -0.0946. The number of hydrogen-bond donors (Lipinski definition) is 1. The Labute approximate surface area is 117 Å². The maximum atomic E-state index is 12.6. The van der Waals surface area contributed by atoms with Gasteiger partial charge in [0, 0.05) is 10.0 Å². The van der Waals surface area contributed by atoms with E-state index >= 15 is 0 Å². The molecule has 2 aromatic rings. The molecular weight excluding hydrogens is 320 g/mol. The first kappa shape index (κ1) is 14.1. The van der Waals surface area contributed by atoms with Crippen molar-refractivity contribution in [2.45, 2.75) is 25.5 Å². The number of halogens is 3. The lowest BCUT2D eigenvalue weighted by atomic mass is 10.1. The van der Waals surface area contributed by atoms with Crippen molar-refractivity contribution in [1.82, 2.24) is 15.0 Å². The predicted molar refractivity (Wildman–Crippen MR) is 69.8 cm³/mol. The Hall–Kier alpha value is -1.34. The standard InChI is InChI=1S/C12H12BrF2N3O/c1-12(19,11(14)15)7-18-6-10(16-17-18)8-3-2-4-9(13)5-8/h2-6,11,19H,7H2,1H3. The number of benzene rings is 1. The van der Waals surface area contributed by atoms with E-state index in [0.29, 0.717) is 5.69 Å². The molecule has 1 heterocycles. The molecule has 1 unspecified atom stereocenters. The molecule has 0 saturated carbocycles. The molecule has 7 heteroatoms. The quantitative estimate of drug-likeness (QED) is 0.937. The molecule has 2 rings (SSSR count). The van der Waals surface area contributed by atoms with E-state index in [4.69, 9.17) is 0 Å². The normalized spacial score (nSPS) is 14.6. The average Bonchev–Trinajstić information content (AvgIpc) is 2.76. The first-order valence-corrected chi connectivity index (χ1v) is 6.34. The molecule has 0 aliphatic rings. The SMILES string of the molecule is CC(O)(Cn1cc(-c2cccc(Br)c2)nn1)C(F)F. The van der Waals surface area contributed by atoms with Gasteiger partial charge >= 0.3 is 0 Å². The van der Waals surface area contributed by atoms with Crippen LogP contribution in [0.1, 0.15) is 6.92 Å². The van der Waals surface area contributed by atoms with Crippen molar-refractivity contribution < 1.29 is 13.9 Å². The van der Waals surface area contributed by atoms with Crippen LogP contribution in [-0.4, -0.2) is 32.1 Å². The molecule has 0 aliphatic carbocycles. The Morgan fingerprint density at radius 1 is 1.47 bits per heavy atom. The molecule has 0 aliphatic heterocycles. The van der Waals surface area contributed by atoms with Gasteiger partial charge in [-0.05, 0) is 19.1 Å². The summed E-state index contributed by atoms with van der Waals surface area (Å²) in [7, 11) is 0. The molecule has 1 aromatic heterocycles. The summed E-state index contributed by atoms with van der Waals surface area (Å²) >= 11 is 3.34. The second-order valence-corrected chi connectivity index (χ2v) is 5.39. The van der Waals surface area contributed by atoms with Crippen molar-refractivity contribution in [3.05, 3.63) is 34.9 Å². The van der Waals surface area contributed by atoms with Gasteiger partial charge in [0.15, 0.2) is 0 Å². The average molecular weight is 332 g/mol. The van der Waals surface area contributed by atoms with Crippen molar-refractivity contribution in [1.29, 1.82) is 0 Å². The van der Waals surface area contributed by atoms with Crippen molar-refractivity contribution in [3.63, 3.8) is 0 Å². The van der Waals surface area contributed by atoms with E-state index in [0.717, 1.165) is 17.0 Å². The zero-order chi connectivity index (χ0) is 14.0. The van der Waals surface area contributed by atoms with Crippen LogP contribution in [0.5, 0.6) is 0 Å². The third-order valence-corrected chi connectivity index (χ3v) is 3.10. The van der Waals surface area contributed by atoms with Crippen molar-refractivity contribution >= 4 is 15.9 Å². The Balaban J connectivity index is 2.20. The van der Waals surface area contributed by atoms with E-state index in [1.165, 1.54) is 10.9 Å². The van der Waals surface area contributed by atoms with E-state index in [1.54, 1.807) is 0 Å². The lowest BCUT2D eigenvalue weighted by Crippen LogP contribution is -2.38. The zero-order valence-corrected chi connectivity index (χ0v) is 11.7. The van der Waals surface area contributed by atoms with Gasteiger partial charge in [0.25, 0.3) is 6.43 Å². The Kier molecular flexibility index (Phi) is 3.96. The lowest BCUT2D eigenvalue weighted by Gasteiger charge is -2.21. The fourth-order valence-corrected chi connectivity index (χ4v) is 1.95. The molecule has 0 saturated heterocycles. The second kappa shape index (κ2) is 5.34. The number of hydrogen-bond acceptors (Lipinski definition) is 3. The topological polar surface area (TPSA) is 50.9 Å². The van der Waals surface area contributed by atoms with Gasteiger partial charge < -0.3 is 5.11 Å². The molecular formula is C12H12BrF2N3O. The molecule has 102 valence electrons. The molecule has 1 aromatic carbocycles. The minimum absolute atomic E-state index is 0.314. The highest BCUT2D eigenvalue weighted by atomic mass is 79.9. The van der Waals surface area contributed by atoms with E-state index in [2.05, 4.69) is 26.2 Å². The molecule has 4 nitrogen and oxygen atoms in total. The maximum absolute atomic E-state index is 12.6. The van der Waals surface area contributed by atoms with Crippen LogP contribution in [0.4, 0.5) is 8.78 Å². The Morgan fingerprint density at radius 2 is 2.21 bits per heavy atom.